The van der Waals surface area contributed by atoms with E-state index in [0.29, 0.717) is 6.42 Å². The average Bonchev–Trinajstić information content (AvgIpc) is 2.20. The molecule has 0 aliphatic carbocycles. The fraction of sp³-hybridized carbons (Fsp3) is 0.417. The van der Waals surface area contributed by atoms with Crippen LogP contribution < -0.4 is 5.73 Å². The van der Waals surface area contributed by atoms with Gasteiger partial charge in [0, 0.05) is 0 Å². The van der Waals surface area contributed by atoms with Gasteiger partial charge < -0.3 is 10.8 Å². The number of rotatable bonds is 3. The third-order valence-electron chi connectivity index (χ3n) is 1.86. The summed E-state index contributed by atoms with van der Waals surface area (Å²) in [6, 6.07) is 6.90. The number of carboxylic acids is 1. The summed E-state index contributed by atoms with van der Waals surface area (Å²) < 4.78 is 0. The Bertz CT molecular complexity index is 310. The number of aryl methyl sites for hydroxylation is 1. The quantitative estimate of drug-likeness (QED) is 0.800. The molecular weight excluding hydrogens is 190 g/mol. The highest BCUT2D eigenvalue weighted by molar-refractivity contribution is 5.73. The molecule has 84 valence electrons. The first kappa shape index (κ1) is 13.7. The SMILES string of the molecule is CC.Cc1cccc(C[C@H](N)C(=O)O)c1. The molecule has 0 aliphatic heterocycles. The molecule has 3 nitrogen and oxygen atoms in total. The number of carboxylic acid groups (broad SMARTS) is 1. The third-order valence-corrected chi connectivity index (χ3v) is 1.86. The molecule has 0 aliphatic rings. The van der Waals surface area contributed by atoms with Gasteiger partial charge in [0.15, 0.2) is 0 Å². The smallest absolute Gasteiger partial charge is 0.320 e. The van der Waals surface area contributed by atoms with E-state index in [1.807, 2.05) is 45.0 Å². The lowest BCUT2D eigenvalue weighted by Crippen LogP contribution is -2.32. The monoisotopic (exact) mass is 209 g/mol. The minimum Gasteiger partial charge on any atom is -0.480 e. The van der Waals surface area contributed by atoms with E-state index in [4.69, 9.17) is 10.8 Å². The standard InChI is InChI=1S/C10H13NO2.C2H6/c1-7-3-2-4-8(5-7)6-9(11)10(12)13;1-2/h2-5,9H,6,11H2,1H3,(H,12,13);1-2H3/t9-;/m0./s1. The summed E-state index contributed by atoms with van der Waals surface area (Å²) in [6.07, 6.45) is 0.386. The summed E-state index contributed by atoms with van der Waals surface area (Å²) in [5.74, 6) is -0.957. The number of aliphatic carboxylic acids is 1. The molecule has 3 heteroatoms. The Hall–Kier alpha value is -1.35. The fourth-order valence-corrected chi connectivity index (χ4v) is 1.18. The van der Waals surface area contributed by atoms with Gasteiger partial charge in [-0.15, -0.1) is 0 Å². The molecule has 0 unspecified atom stereocenters. The van der Waals surface area contributed by atoms with Crippen LogP contribution in [-0.2, 0) is 11.2 Å². The zero-order valence-electron chi connectivity index (χ0n) is 9.53. The van der Waals surface area contributed by atoms with E-state index in [0.717, 1.165) is 11.1 Å². The second kappa shape index (κ2) is 7.01. The zero-order valence-corrected chi connectivity index (χ0v) is 9.53. The molecule has 0 fully saturated rings. The molecule has 0 radical (unpaired) electrons. The third kappa shape index (κ3) is 5.18. The highest BCUT2D eigenvalue weighted by Gasteiger charge is 2.11. The lowest BCUT2D eigenvalue weighted by Gasteiger charge is -2.06. The van der Waals surface area contributed by atoms with Gasteiger partial charge in [-0.2, -0.15) is 0 Å². The van der Waals surface area contributed by atoms with Crippen molar-refractivity contribution in [3.8, 4) is 0 Å². The van der Waals surface area contributed by atoms with Crippen LogP contribution in [0.3, 0.4) is 0 Å². The van der Waals surface area contributed by atoms with Crippen molar-refractivity contribution in [3.05, 3.63) is 35.4 Å². The van der Waals surface area contributed by atoms with Crippen LogP contribution in [0.4, 0.5) is 0 Å². The largest absolute Gasteiger partial charge is 0.480 e. The highest BCUT2D eigenvalue weighted by atomic mass is 16.4. The van der Waals surface area contributed by atoms with Crippen molar-refractivity contribution in [2.24, 2.45) is 5.73 Å². The molecule has 15 heavy (non-hydrogen) atoms. The first-order chi connectivity index (χ1) is 7.09. The van der Waals surface area contributed by atoms with Crippen LogP contribution in [0.25, 0.3) is 0 Å². The molecule has 0 amide bonds. The maximum absolute atomic E-state index is 10.5. The van der Waals surface area contributed by atoms with Crippen LogP contribution in [0.2, 0.25) is 0 Å². The Labute approximate surface area is 90.9 Å². The first-order valence-electron chi connectivity index (χ1n) is 5.13. The van der Waals surface area contributed by atoms with Gasteiger partial charge in [-0.05, 0) is 18.9 Å². The van der Waals surface area contributed by atoms with E-state index in [-0.39, 0.29) is 0 Å². The van der Waals surface area contributed by atoms with Crippen molar-refractivity contribution in [3.63, 3.8) is 0 Å². The van der Waals surface area contributed by atoms with E-state index in [1.165, 1.54) is 0 Å². The van der Waals surface area contributed by atoms with Crippen molar-refractivity contribution < 1.29 is 9.90 Å². The zero-order chi connectivity index (χ0) is 11.8. The predicted octanol–water partition coefficient (Wildman–Crippen LogP) is 1.98. The van der Waals surface area contributed by atoms with Crippen LogP contribution in [0, 0.1) is 6.92 Å². The molecule has 0 saturated heterocycles. The second-order valence-corrected chi connectivity index (χ2v) is 3.14. The van der Waals surface area contributed by atoms with Crippen molar-refractivity contribution in [2.45, 2.75) is 33.2 Å². The second-order valence-electron chi connectivity index (χ2n) is 3.14. The summed E-state index contributed by atoms with van der Waals surface area (Å²) in [5.41, 5.74) is 7.49. The van der Waals surface area contributed by atoms with Crippen molar-refractivity contribution in [1.29, 1.82) is 0 Å². The fourth-order valence-electron chi connectivity index (χ4n) is 1.18. The lowest BCUT2D eigenvalue weighted by atomic mass is 10.0. The minimum atomic E-state index is -0.957. The van der Waals surface area contributed by atoms with E-state index in [1.54, 1.807) is 0 Å². The molecule has 0 bridgehead atoms. The molecule has 0 saturated carbocycles. The molecule has 1 aromatic carbocycles. The predicted molar refractivity (Wildman–Crippen MR) is 61.8 cm³/mol. The van der Waals surface area contributed by atoms with Crippen LogP contribution in [0.1, 0.15) is 25.0 Å². The van der Waals surface area contributed by atoms with Crippen LogP contribution in [0.5, 0.6) is 0 Å². The topological polar surface area (TPSA) is 63.3 Å². The summed E-state index contributed by atoms with van der Waals surface area (Å²) in [4.78, 5) is 10.5. The molecule has 1 aromatic rings. The number of nitrogens with two attached hydrogens (primary N) is 1. The molecule has 1 atom stereocenters. The van der Waals surface area contributed by atoms with Crippen LogP contribution in [0.15, 0.2) is 24.3 Å². The Balaban J connectivity index is 0.000000921. The maximum Gasteiger partial charge on any atom is 0.320 e. The molecule has 0 heterocycles. The van der Waals surface area contributed by atoms with E-state index >= 15 is 0 Å². The van der Waals surface area contributed by atoms with Gasteiger partial charge in [-0.3, -0.25) is 4.79 Å². The Kier molecular flexibility index (Phi) is 6.38. The molecular formula is C12H19NO2. The lowest BCUT2D eigenvalue weighted by molar-refractivity contribution is -0.138. The van der Waals surface area contributed by atoms with Gasteiger partial charge in [-0.25, -0.2) is 0 Å². The van der Waals surface area contributed by atoms with Gasteiger partial charge in [0.1, 0.15) is 6.04 Å². The van der Waals surface area contributed by atoms with Crippen molar-refractivity contribution in [2.75, 3.05) is 0 Å². The van der Waals surface area contributed by atoms with Gasteiger partial charge in [-0.1, -0.05) is 43.7 Å². The molecule has 3 N–H and O–H groups in total. The van der Waals surface area contributed by atoms with E-state index in [2.05, 4.69) is 0 Å². The van der Waals surface area contributed by atoms with Gasteiger partial charge in [0.25, 0.3) is 0 Å². The Morgan fingerprint density at radius 3 is 2.53 bits per heavy atom. The summed E-state index contributed by atoms with van der Waals surface area (Å²) in [5, 5.41) is 8.59. The first-order valence-corrected chi connectivity index (χ1v) is 5.13. The summed E-state index contributed by atoms with van der Waals surface area (Å²) >= 11 is 0. The number of hydrogen-bond acceptors (Lipinski definition) is 2. The molecule has 0 spiro atoms. The minimum absolute atomic E-state index is 0.386. The van der Waals surface area contributed by atoms with E-state index < -0.39 is 12.0 Å². The van der Waals surface area contributed by atoms with Gasteiger partial charge in [0.05, 0.1) is 0 Å². The summed E-state index contributed by atoms with van der Waals surface area (Å²) in [6.45, 7) is 5.97. The number of hydrogen-bond donors (Lipinski definition) is 2. The Morgan fingerprint density at radius 1 is 1.47 bits per heavy atom. The van der Waals surface area contributed by atoms with Crippen LogP contribution >= 0.6 is 0 Å². The number of benzene rings is 1. The summed E-state index contributed by atoms with van der Waals surface area (Å²) in [7, 11) is 0. The van der Waals surface area contributed by atoms with Gasteiger partial charge in [0.2, 0.25) is 0 Å². The van der Waals surface area contributed by atoms with Gasteiger partial charge >= 0.3 is 5.97 Å². The Morgan fingerprint density at radius 2 is 2.07 bits per heavy atom. The van der Waals surface area contributed by atoms with Crippen LogP contribution in [-0.4, -0.2) is 17.1 Å². The number of carbonyl (C=O) groups is 1. The average molecular weight is 209 g/mol. The molecule has 1 rings (SSSR count). The normalized spacial score (nSPS) is 11.2. The maximum atomic E-state index is 10.5. The van der Waals surface area contributed by atoms with Crippen molar-refractivity contribution in [1.82, 2.24) is 0 Å². The highest BCUT2D eigenvalue weighted by Crippen LogP contribution is 2.05. The van der Waals surface area contributed by atoms with Crippen molar-refractivity contribution >= 4 is 5.97 Å². The molecule has 0 aromatic heterocycles. The van der Waals surface area contributed by atoms with E-state index in [9.17, 15) is 4.79 Å².